The van der Waals surface area contributed by atoms with E-state index in [2.05, 4.69) is 0 Å². The highest BCUT2D eigenvalue weighted by atomic mass is 19.1. The van der Waals surface area contributed by atoms with Crippen LogP contribution in [-0.2, 0) is 0 Å². The predicted molar refractivity (Wildman–Crippen MR) is 108 cm³/mol. The van der Waals surface area contributed by atoms with Crippen LogP contribution in [0.5, 0.6) is 5.75 Å². The van der Waals surface area contributed by atoms with Crippen LogP contribution in [0.1, 0.15) is 15.9 Å². The van der Waals surface area contributed by atoms with Crippen molar-refractivity contribution < 1.29 is 18.2 Å². The highest BCUT2D eigenvalue weighted by molar-refractivity contribution is 6.93. The van der Waals surface area contributed by atoms with Gasteiger partial charge >= 0.3 is 6.76 Å². The van der Waals surface area contributed by atoms with Gasteiger partial charge in [-0.15, -0.1) is 0 Å². The summed E-state index contributed by atoms with van der Waals surface area (Å²) in [7, 11) is 0. The first-order chi connectivity index (χ1) is 13.6. The van der Waals surface area contributed by atoms with Crippen LogP contribution in [-0.4, -0.2) is 12.4 Å². The average molecular weight is 369 g/mol. The third-order valence-electron chi connectivity index (χ3n) is 5.33. The van der Waals surface area contributed by atoms with Gasteiger partial charge in [0.2, 0.25) is 0 Å². The number of carbonyl (C=O) groups is 1. The molecule has 0 saturated heterocycles. The Hall–Kier alpha value is -3.47. The van der Waals surface area contributed by atoms with E-state index >= 15 is 4.32 Å². The maximum atomic E-state index is 16.4. The third kappa shape index (κ3) is 2.36. The standard InChI is InChI=1S/C23H17BFNO2/c1-16-10-12-18(13-11-16)23(27)24(25)26-15-14-17-6-2-3-7-19(17)22(26)20-8-4-5-9-21(20)28-24/h2-15H,1H3. The van der Waals surface area contributed by atoms with E-state index in [4.69, 9.17) is 4.65 Å². The van der Waals surface area contributed by atoms with Crippen LogP contribution >= 0.6 is 0 Å². The molecular formula is C23H17BFNO2. The summed E-state index contributed by atoms with van der Waals surface area (Å²) in [5, 5.41) is 1.85. The number of para-hydroxylation sites is 1. The Labute approximate surface area is 162 Å². The lowest BCUT2D eigenvalue weighted by Gasteiger charge is -2.34. The first-order valence-corrected chi connectivity index (χ1v) is 9.24. The third-order valence-corrected chi connectivity index (χ3v) is 5.33. The second kappa shape index (κ2) is 6.03. The van der Waals surface area contributed by atoms with Gasteiger partial charge < -0.3 is 18.2 Å². The fourth-order valence-electron chi connectivity index (χ4n) is 3.89. The number of halogens is 1. The van der Waals surface area contributed by atoms with Gasteiger partial charge in [-0.1, -0.05) is 60.2 Å². The minimum atomic E-state index is -3.49. The van der Waals surface area contributed by atoms with E-state index < -0.39 is 12.4 Å². The molecule has 2 heterocycles. The first kappa shape index (κ1) is 16.7. The molecule has 0 radical (unpaired) electrons. The van der Waals surface area contributed by atoms with Gasteiger partial charge in [0, 0.05) is 11.5 Å². The van der Waals surface area contributed by atoms with Crippen molar-refractivity contribution in [2.45, 2.75) is 6.92 Å². The lowest BCUT2D eigenvalue weighted by molar-refractivity contribution is -0.553. The molecule has 0 bridgehead atoms. The Morgan fingerprint density at radius 1 is 0.929 bits per heavy atom. The monoisotopic (exact) mass is 369 g/mol. The number of pyridine rings is 1. The lowest BCUT2D eigenvalue weighted by atomic mass is 9.64. The first-order valence-electron chi connectivity index (χ1n) is 9.24. The van der Waals surface area contributed by atoms with Crippen molar-refractivity contribution in [3.63, 3.8) is 0 Å². The maximum Gasteiger partial charge on any atom is 0.704 e. The summed E-state index contributed by atoms with van der Waals surface area (Å²) < 4.78 is 23.5. The van der Waals surface area contributed by atoms with Crippen molar-refractivity contribution in [2.75, 3.05) is 0 Å². The van der Waals surface area contributed by atoms with Crippen LogP contribution in [0.15, 0.2) is 85.1 Å². The van der Waals surface area contributed by atoms with E-state index in [0.717, 1.165) is 21.9 Å². The van der Waals surface area contributed by atoms with Crippen LogP contribution in [0.4, 0.5) is 4.32 Å². The van der Waals surface area contributed by atoms with Crippen LogP contribution in [0.2, 0.25) is 0 Å². The number of benzene rings is 3. The summed E-state index contributed by atoms with van der Waals surface area (Å²) in [6, 6.07) is 23.7. The van der Waals surface area contributed by atoms with E-state index in [9.17, 15) is 4.79 Å². The number of hydrogen-bond acceptors (Lipinski definition) is 2. The molecule has 4 aromatic rings. The number of hydrogen-bond donors (Lipinski definition) is 0. The molecule has 5 heteroatoms. The largest absolute Gasteiger partial charge is 0.704 e. The van der Waals surface area contributed by atoms with E-state index in [-0.39, 0.29) is 0 Å². The number of aryl methyl sites for hydroxylation is 1. The van der Waals surface area contributed by atoms with Crippen LogP contribution in [0, 0.1) is 6.92 Å². The summed E-state index contributed by atoms with van der Waals surface area (Å²) in [6.07, 6.45) is 1.61. The zero-order valence-electron chi connectivity index (χ0n) is 15.3. The highest BCUT2D eigenvalue weighted by Crippen LogP contribution is 2.38. The fourth-order valence-corrected chi connectivity index (χ4v) is 3.89. The van der Waals surface area contributed by atoms with Gasteiger partial charge in [-0.05, 0) is 36.1 Å². The molecule has 0 saturated carbocycles. The van der Waals surface area contributed by atoms with Gasteiger partial charge in [0.1, 0.15) is 6.20 Å². The van der Waals surface area contributed by atoms with E-state index in [1.165, 1.54) is 4.48 Å². The normalized spacial score (nSPS) is 17.5. The van der Waals surface area contributed by atoms with Crippen molar-refractivity contribution in [1.82, 2.24) is 0 Å². The molecule has 136 valence electrons. The summed E-state index contributed by atoms with van der Waals surface area (Å²) in [5.41, 5.74) is 2.05. The number of rotatable bonds is 2. The van der Waals surface area contributed by atoms with Crippen molar-refractivity contribution in [2.24, 2.45) is 0 Å². The van der Waals surface area contributed by atoms with Gasteiger partial charge in [0.15, 0.2) is 11.4 Å². The molecule has 1 aromatic heterocycles. The van der Waals surface area contributed by atoms with Crippen molar-refractivity contribution in [1.29, 1.82) is 0 Å². The van der Waals surface area contributed by atoms with Gasteiger partial charge in [0.05, 0.1) is 11.3 Å². The van der Waals surface area contributed by atoms with Crippen LogP contribution in [0.25, 0.3) is 22.0 Å². The Morgan fingerprint density at radius 2 is 1.64 bits per heavy atom. The molecule has 1 aliphatic heterocycles. The lowest BCUT2D eigenvalue weighted by Crippen LogP contribution is -2.73. The number of carbonyl (C=O) groups excluding carboxylic acids is 1. The Bertz CT molecular complexity index is 1240. The van der Waals surface area contributed by atoms with Gasteiger partial charge in [-0.25, -0.2) is 0 Å². The Morgan fingerprint density at radius 3 is 2.46 bits per heavy atom. The summed E-state index contributed by atoms with van der Waals surface area (Å²) in [5.74, 6) is 0.377. The molecule has 28 heavy (non-hydrogen) atoms. The summed E-state index contributed by atoms with van der Waals surface area (Å²) >= 11 is 0. The van der Waals surface area contributed by atoms with E-state index in [1.54, 1.807) is 42.6 Å². The average Bonchev–Trinajstić information content (AvgIpc) is 2.73. The molecule has 1 aliphatic rings. The Kier molecular flexibility index (Phi) is 3.59. The molecule has 3 aromatic carbocycles. The predicted octanol–water partition coefficient (Wildman–Crippen LogP) is 4.67. The van der Waals surface area contributed by atoms with E-state index in [1.807, 2.05) is 49.4 Å². The summed E-state index contributed by atoms with van der Waals surface area (Å²) in [6.45, 7) is -1.57. The maximum absolute atomic E-state index is 16.4. The number of fused-ring (bicyclic) bond motifs is 5. The summed E-state index contributed by atoms with van der Waals surface area (Å²) in [4.78, 5) is 13.2. The molecule has 3 nitrogen and oxygen atoms in total. The van der Waals surface area contributed by atoms with Gasteiger partial charge in [0.25, 0.3) is 0 Å². The molecule has 5 rings (SSSR count). The van der Waals surface area contributed by atoms with E-state index in [0.29, 0.717) is 17.0 Å². The van der Waals surface area contributed by atoms with Crippen molar-refractivity contribution in [3.05, 3.63) is 96.2 Å². The molecule has 0 fully saturated rings. The molecule has 1 unspecified atom stereocenters. The molecular weight excluding hydrogens is 352 g/mol. The Balaban J connectivity index is 1.80. The van der Waals surface area contributed by atoms with Crippen LogP contribution in [0.3, 0.4) is 0 Å². The van der Waals surface area contributed by atoms with Gasteiger partial charge in [-0.2, -0.15) is 0 Å². The molecule has 1 atom stereocenters. The smallest absolute Gasteiger partial charge is 0.624 e. The zero-order chi connectivity index (χ0) is 19.3. The molecule has 0 N–H and O–H groups in total. The second-order valence-corrected chi connectivity index (χ2v) is 7.15. The second-order valence-electron chi connectivity index (χ2n) is 7.15. The highest BCUT2D eigenvalue weighted by Gasteiger charge is 2.55. The van der Waals surface area contributed by atoms with Gasteiger partial charge in [-0.3, -0.25) is 0 Å². The number of nitrogens with zero attached hydrogens (tertiary/aromatic N) is 1. The molecule has 0 aliphatic carbocycles. The minimum absolute atomic E-state index is 0.291. The number of aromatic nitrogens is 1. The zero-order valence-corrected chi connectivity index (χ0v) is 15.3. The minimum Gasteiger partial charge on any atom is -0.624 e. The fraction of sp³-hybridized carbons (Fsp3) is 0.0435. The quantitative estimate of drug-likeness (QED) is 0.481. The SMILES string of the molecule is Cc1ccc(C(=O)[B-]2(F)Oc3ccccc3-c3c4ccccc4cc[n+]32)cc1. The van der Waals surface area contributed by atoms with Crippen molar-refractivity contribution >= 4 is 23.2 Å². The van der Waals surface area contributed by atoms with Crippen LogP contribution < -0.4 is 9.13 Å². The molecule has 0 amide bonds. The topological polar surface area (TPSA) is 30.2 Å². The molecule has 0 spiro atoms. The van der Waals surface area contributed by atoms with Crippen molar-refractivity contribution in [3.8, 4) is 17.0 Å².